The van der Waals surface area contributed by atoms with Crippen molar-refractivity contribution in [2.45, 2.75) is 6.92 Å². The van der Waals surface area contributed by atoms with Crippen LogP contribution in [-0.4, -0.2) is 10.8 Å². The largest absolute Gasteiger partial charge is 0.450 e. The summed E-state index contributed by atoms with van der Waals surface area (Å²) in [6.45, 7) is 5.39. The number of amides is 1. The SMILES string of the molecule is C=C/C=C(\C=C/C)NC(=O)c1ccc(Oc2ccccc2)c([N+](=O)[O-])c1. The zero-order valence-corrected chi connectivity index (χ0v) is 14.2. The molecule has 0 fully saturated rings. The summed E-state index contributed by atoms with van der Waals surface area (Å²) >= 11 is 0. The molecular formula is C20H18N2O4. The molecule has 0 aliphatic rings. The average molecular weight is 350 g/mol. The first-order valence-corrected chi connectivity index (χ1v) is 7.83. The number of allylic oxidation sites excluding steroid dienone is 4. The van der Waals surface area contributed by atoms with Crippen LogP contribution >= 0.6 is 0 Å². The summed E-state index contributed by atoms with van der Waals surface area (Å²) in [6.07, 6.45) is 6.61. The van der Waals surface area contributed by atoms with Crippen LogP contribution in [0.25, 0.3) is 0 Å². The second-order valence-electron chi connectivity index (χ2n) is 5.17. The van der Waals surface area contributed by atoms with Crippen LogP contribution in [0.5, 0.6) is 11.5 Å². The fourth-order valence-corrected chi connectivity index (χ4v) is 2.15. The van der Waals surface area contributed by atoms with Gasteiger partial charge in [0.2, 0.25) is 5.75 Å². The summed E-state index contributed by atoms with van der Waals surface area (Å²) in [5.41, 5.74) is 0.387. The number of carbonyl (C=O) groups excluding carboxylic acids is 1. The molecule has 0 saturated carbocycles. The molecule has 2 aromatic carbocycles. The van der Waals surface area contributed by atoms with Gasteiger partial charge in [-0.1, -0.05) is 36.9 Å². The highest BCUT2D eigenvalue weighted by Gasteiger charge is 2.19. The molecule has 0 aliphatic carbocycles. The standard InChI is InChI=1S/C20H18N2O4/c1-3-8-16(9-4-2)21-20(23)15-12-13-19(18(14-15)22(24)25)26-17-10-6-5-7-11-17/h3-14H,1H2,2H3,(H,21,23)/b9-4-,16-8+. The number of nitrogens with zero attached hydrogens (tertiary/aromatic N) is 1. The summed E-state index contributed by atoms with van der Waals surface area (Å²) in [7, 11) is 0. The topological polar surface area (TPSA) is 81.5 Å². The third-order valence-corrected chi connectivity index (χ3v) is 3.29. The van der Waals surface area contributed by atoms with E-state index >= 15 is 0 Å². The summed E-state index contributed by atoms with van der Waals surface area (Å²) < 4.78 is 5.55. The summed E-state index contributed by atoms with van der Waals surface area (Å²) in [5, 5.41) is 14.0. The van der Waals surface area contributed by atoms with Crippen LogP contribution in [-0.2, 0) is 0 Å². The second kappa shape index (κ2) is 8.98. The number of carbonyl (C=O) groups is 1. The van der Waals surface area contributed by atoms with E-state index in [1.54, 1.807) is 42.5 Å². The van der Waals surface area contributed by atoms with Crippen molar-refractivity contribution in [3.8, 4) is 11.5 Å². The Hall–Kier alpha value is -3.67. The zero-order chi connectivity index (χ0) is 18.9. The van der Waals surface area contributed by atoms with Gasteiger partial charge in [0.05, 0.1) is 4.92 Å². The predicted octanol–water partition coefficient (Wildman–Crippen LogP) is 4.76. The molecule has 132 valence electrons. The molecule has 6 nitrogen and oxygen atoms in total. The monoisotopic (exact) mass is 350 g/mol. The van der Waals surface area contributed by atoms with Gasteiger partial charge in [-0.3, -0.25) is 14.9 Å². The molecule has 26 heavy (non-hydrogen) atoms. The van der Waals surface area contributed by atoms with E-state index in [1.165, 1.54) is 24.3 Å². The lowest BCUT2D eigenvalue weighted by molar-refractivity contribution is -0.385. The summed E-state index contributed by atoms with van der Waals surface area (Å²) in [5.74, 6) is 0.0655. The van der Waals surface area contributed by atoms with Crippen molar-refractivity contribution in [3.63, 3.8) is 0 Å². The molecule has 0 aliphatic heterocycles. The van der Waals surface area contributed by atoms with Crippen LogP contribution in [0.4, 0.5) is 5.69 Å². The minimum atomic E-state index is -0.582. The molecule has 1 N–H and O–H groups in total. The minimum Gasteiger partial charge on any atom is -0.450 e. The smallest absolute Gasteiger partial charge is 0.312 e. The van der Waals surface area contributed by atoms with Gasteiger partial charge in [-0.05, 0) is 43.3 Å². The van der Waals surface area contributed by atoms with Crippen molar-refractivity contribution >= 4 is 11.6 Å². The van der Waals surface area contributed by atoms with Gasteiger partial charge in [0, 0.05) is 17.3 Å². The number of nitro benzene ring substituents is 1. The fraction of sp³-hybridized carbons (Fsp3) is 0.0500. The fourth-order valence-electron chi connectivity index (χ4n) is 2.15. The van der Waals surface area contributed by atoms with Gasteiger partial charge < -0.3 is 10.1 Å². The first-order chi connectivity index (χ1) is 12.5. The highest BCUT2D eigenvalue weighted by molar-refractivity contribution is 5.96. The van der Waals surface area contributed by atoms with E-state index in [1.807, 2.05) is 13.0 Å². The van der Waals surface area contributed by atoms with Gasteiger partial charge in [0.15, 0.2) is 0 Å². The minimum absolute atomic E-state index is 0.0630. The molecule has 0 aromatic heterocycles. The van der Waals surface area contributed by atoms with Crippen molar-refractivity contribution in [3.05, 3.63) is 101 Å². The van der Waals surface area contributed by atoms with E-state index in [-0.39, 0.29) is 17.0 Å². The van der Waals surface area contributed by atoms with Crippen molar-refractivity contribution < 1.29 is 14.5 Å². The van der Waals surface area contributed by atoms with E-state index in [2.05, 4.69) is 11.9 Å². The normalized spacial score (nSPS) is 11.2. The first kappa shape index (κ1) is 18.7. The molecule has 2 aromatic rings. The quantitative estimate of drug-likeness (QED) is 0.443. The first-order valence-electron chi connectivity index (χ1n) is 7.83. The van der Waals surface area contributed by atoms with Gasteiger partial charge in [0.25, 0.3) is 5.91 Å². The van der Waals surface area contributed by atoms with Crippen LogP contribution in [0.3, 0.4) is 0 Å². The molecule has 0 heterocycles. The van der Waals surface area contributed by atoms with Crippen LogP contribution in [0.2, 0.25) is 0 Å². The number of para-hydroxylation sites is 1. The van der Waals surface area contributed by atoms with Crippen LogP contribution in [0, 0.1) is 10.1 Å². The lowest BCUT2D eigenvalue weighted by atomic mass is 10.1. The molecule has 2 rings (SSSR count). The Labute approximate surface area is 151 Å². The van der Waals surface area contributed by atoms with Crippen LogP contribution < -0.4 is 10.1 Å². The lowest BCUT2D eigenvalue weighted by Crippen LogP contribution is -2.21. The molecule has 0 radical (unpaired) electrons. The Kier molecular flexibility index (Phi) is 6.45. The van der Waals surface area contributed by atoms with Crippen molar-refractivity contribution in [2.24, 2.45) is 0 Å². The summed E-state index contributed by atoms with van der Waals surface area (Å²) in [6, 6.07) is 12.8. The highest BCUT2D eigenvalue weighted by atomic mass is 16.6. The molecule has 0 bridgehead atoms. The molecular weight excluding hydrogens is 332 g/mol. The number of nitro groups is 1. The second-order valence-corrected chi connectivity index (χ2v) is 5.17. The van der Waals surface area contributed by atoms with Crippen molar-refractivity contribution in [2.75, 3.05) is 0 Å². The van der Waals surface area contributed by atoms with E-state index in [4.69, 9.17) is 4.74 Å². The Morgan fingerprint density at radius 3 is 2.58 bits per heavy atom. The number of rotatable bonds is 7. The van der Waals surface area contributed by atoms with E-state index < -0.39 is 10.8 Å². The van der Waals surface area contributed by atoms with E-state index in [9.17, 15) is 14.9 Å². The van der Waals surface area contributed by atoms with Gasteiger partial charge in [-0.2, -0.15) is 0 Å². The maximum atomic E-state index is 12.4. The van der Waals surface area contributed by atoms with Gasteiger partial charge in [0.1, 0.15) is 5.75 Å². The highest BCUT2D eigenvalue weighted by Crippen LogP contribution is 2.32. The Morgan fingerprint density at radius 1 is 1.23 bits per heavy atom. The number of nitrogens with one attached hydrogen (secondary N) is 1. The zero-order valence-electron chi connectivity index (χ0n) is 14.2. The number of benzene rings is 2. The number of hydrogen-bond donors (Lipinski definition) is 1. The molecule has 0 unspecified atom stereocenters. The summed E-state index contributed by atoms with van der Waals surface area (Å²) in [4.78, 5) is 23.2. The third kappa shape index (κ3) is 4.91. The van der Waals surface area contributed by atoms with Gasteiger partial charge >= 0.3 is 5.69 Å². The number of ether oxygens (including phenoxy) is 1. The molecule has 0 atom stereocenters. The van der Waals surface area contributed by atoms with Crippen LogP contribution in [0.1, 0.15) is 17.3 Å². The molecule has 6 heteroatoms. The maximum Gasteiger partial charge on any atom is 0.312 e. The predicted molar refractivity (Wildman–Crippen MR) is 100 cm³/mol. The van der Waals surface area contributed by atoms with E-state index in [0.29, 0.717) is 11.4 Å². The van der Waals surface area contributed by atoms with Gasteiger partial charge in [-0.15, -0.1) is 0 Å². The van der Waals surface area contributed by atoms with Crippen LogP contribution in [0.15, 0.2) is 85.1 Å². The Balaban J connectivity index is 2.30. The molecule has 1 amide bonds. The molecule has 0 saturated heterocycles. The van der Waals surface area contributed by atoms with E-state index in [0.717, 1.165) is 0 Å². The third-order valence-electron chi connectivity index (χ3n) is 3.29. The van der Waals surface area contributed by atoms with Crippen molar-refractivity contribution in [1.82, 2.24) is 5.32 Å². The lowest BCUT2D eigenvalue weighted by Gasteiger charge is -2.09. The van der Waals surface area contributed by atoms with Gasteiger partial charge in [-0.25, -0.2) is 0 Å². The maximum absolute atomic E-state index is 12.4. The Bertz CT molecular complexity index is 871. The number of hydrogen-bond acceptors (Lipinski definition) is 4. The molecule has 0 spiro atoms. The Morgan fingerprint density at radius 2 is 1.96 bits per heavy atom. The van der Waals surface area contributed by atoms with Crippen molar-refractivity contribution in [1.29, 1.82) is 0 Å². The average Bonchev–Trinajstić information content (AvgIpc) is 2.63.